The number of hydrogen-bond acceptors (Lipinski definition) is 3. The van der Waals surface area contributed by atoms with Gasteiger partial charge in [0.1, 0.15) is 0 Å². The summed E-state index contributed by atoms with van der Waals surface area (Å²) in [6.07, 6.45) is -0.643. The van der Waals surface area contributed by atoms with Crippen LogP contribution in [0.15, 0.2) is 52.0 Å². The highest BCUT2D eigenvalue weighted by Crippen LogP contribution is 2.34. The zero-order valence-electron chi connectivity index (χ0n) is 12.0. The zero-order valence-corrected chi connectivity index (χ0v) is 15.1. The van der Waals surface area contributed by atoms with Crippen molar-refractivity contribution in [2.75, 3.05) is 0 Å². The summed E-state index contributed by atoms with van der Waals surface area (Å²) in [4.78, 5) is 11.9. The van der Waals surface area contributed by atoms with Crippen molar-refractivity contribution in [1.29, 1.82) is 0 Å². The highest BCUT2D eigenvalue weighted by molar-refractivity contribution is 9.10. The summed E-state index contributed by atoms with van der Waals surface area (Å²) in [5.74, 6) is 0.0285. The lowest BCUT2D eigenvalue weighted by Gasteiger charge is -2.19. The smallest absolute Gasteiger partial charge is 0.243 e. The Bertz CT molecular complexity index is 810. The van der Waals surface area contributed by atoms with Gasteiger partial charge in [-0.25, -0.2) is 0 Å². The van der Waals surface area contributed by atoms with E-state index in [4.69, 9.17) is 27.9 Å². The lowest BCUT2D eigenvalue weighted by Crippen LogP contribution is -2.25. The molecular weight excluding hydrogens is 403 g/mol. The predicted octanol–water partition coefficient (Wildman–Crippen LogP) is 5.00. The zero-order chi connectivity index (χ0) is 16.6. The molecule has 1 aliphatic heterocycles. The van der Waals surface area contributed by atoms with E-state index in [9.17, 15) is 4.79 Å². The minimum Gasteiger partial charge on any atom is -0.446 e. The van der Waals surface area contributed by atoms with Crippen LogP contribution in [0.25, 0.3) is 0 Å². The van der Waals surface area contributed by atoms with Crippen molar-refractivity contribution in [1.82, 2.24) is 5.01 Å². The van der Waals surface area contributed by atoms with Gasteiger partial charge >= 0.3 is 0 Å². The number of carbonyl (C=O) groups excluding carboxylic acids is 1. The van der Waals surface area contributed by atoms with Gasteiger partial charge in [0.25, 0.3) is 0 Å². The number of nitrogens with zero attached hydrogens (tertiary/aromatic N) is 2. The van der Waals surface area contributed by atoms with Crippen LogP contribution < -0.4 is 0 Å². The molecule has 0 aliphatic carbocycles. The minimum atomic E-state index is -0.643. The van der Waals surface area contributed by atoms with Crippen LogP contribution in [-0.4, -0.2) is 16.8 Å². The van der Waals surface area contributed by atoms with Gasteiger partial charge in [-0.05, 0) is 24.3 Å². The van der Waals surface area contributed by atoms with Gasteiger partial charge in [-0.1, -0.05) is 57.3 Å². The van der Waals surface area contributed by atoms with Gasteiger partial charge in [-0.3, -0.25) is 4.79 Å². The molecule has 0 saturated carbocycles. The third-order valence-electron chi connectivity index (χ3n) is 3.28. The normalized spacial score (nSPS) is 17.0. The van der Waals surface area contributed by atoms with Crippen LogP contribution in [0.3, 0.4) is 0 Å². The second kappa shape index (κ2) is 6.51. The van der Waals surface area contributed by atoms with E-state index in [0.717, 1.165) is 10.0 Å². The number of halogens is 3. The summed E-state index contributed by atoms with van der Waals surface area (Å²) in [5, 5.41) is 6.29. The number of amides is 1. The fourth-order valence-electron chi connectivity index (χ4n) is 2.22. The lowest BCUT2D eigenvalue weighted by molar-refractivity contribution is -0.135. The van der Waals surface area contributed by atoms with E-state index in [1.807, 2.05) is 24.3 Å². The van der Waals surface area contributed by atoms with Crippen LogP contribution in [-0.2, 0) is 9.53 Å². The first-order chi connectivity index (χ1) is 11.0. The average Bonchev–Trinajstić information content (AvgIpc) is 2.95. The molecule has 2 aromatic rings. The van der Waals surface area contributed by atoms with Crippen molar-refractivity contribution < 1.29 is 9.53 Å². The van der Waals surface area contributed by atoms with E-state index in [2.05, 4.69) is 21.0 Å². The molecule has 7 heteroatoms. The molecule has 0 unspecified atom stereocenters. The Morgan fingerprint density at radius 3 is 2.70 bits per heavy atom. The molecule has 0 N–H and O–H groups in total. The molecule has 0 saturated heterocycles. The van der Waals surface area contributed by atoms with E-state index in [1.54, 1.807) is 18.2 Å². The van der Waals surface area contributed by atoms with Gasteiger partial charge in [0.15, 0.2) is 0 Å². The average molecular weight is 414 g/mol. The number of rotatable bonds is 2. The molecule has 3 rings (SSSR count). The summed E-state index contributed by atoms with van der Waals surface area (Å²) >= 11 is 15.7. The maximum atomic E-state index is 11.9. The maximum Gasteiger partial charge on any atom is 0.243 e. The number of benzene rings is 2. The molecule has 118 valence electrons. The summed E-state index contributed by atoms with van der Waals surface area (Å²) in [6, 6.07) is 12.7. The Morgan fingerprint density at radius 2 is 2.00 bits per heavy atom. The highest BCUT2D eigenvalue weighted by Gasteiger charge is 2.34. The van der Waals surface area contributed by atoms with Crippen molar-refractivity contribution in [2.24, 2.45) is 5.10 Å². The van der Waals surface area contributed by atoms with Crippen LogP contribution in [0.4, 0.5) is 0 Å². The van der Waals surface area contributed by atoms with Crippen molar-refractivity contribution in [3.8, 4) is 0 Å². The van der Waals surface area contributed by atoms with Crippen molar-refractivity contribution in [3.63, 3.8) is 0 Å². The van der Waals surface area contributed by atoms with E-state index >= 15 is 0 Å². The molecule has 23 heavy (non-hydrogen) atoms. The van der Waals surface area contributed by atoms with E-state index < -0.39 is 6.23 Å². The molecule has 0 spiro atoms. The molecule has 0 bridgehead atoms. The van der Waals surface area contributed by atoms with Gasteiger partial charge in [0, 0.05) is 17.0 Å². The monoisotopic (exact) mass is 412 g/mol. The van der Waals surface area contributed by atoms with Crippen LogP contribution in [0.5, 0.6) is 0 Å². The van der Waals surface area contributed by atoms with Gasteiger partial charge in [0.05, 0.1) is 15.6 Å². The standard InChI is InChI=1S/C16H11BrCl2N2O2/c1-9(22)21-16(10-4-2-5-11(17)8-10)23-15(20-21)12-6-3-7-13(18)14(12)19/h2-8,16H,1H3/t16-/m0/s1. The summed E-state index contributed by atoms with van der Waals surface area (Å²) in [5.41, 5.74) is 1.34. The fraction of sp³-hybridized carbons (Fsp3) is 0.125. The van der Waals surface area contributed by atoms with E-state index in [0.29, 0.717) is 15.6 Å². The van der Waals surface area contributed by atoms with Crippen molar-refractivity contribution in [2.45, 2.75) is 13.2 Å². The van der Waals surface area contributed by atoms with E-state index in [1.165, 1.54) is 11.9 Å². The number of ether oxygens (including phenoxy) is 1. The quantitative estimate of drug-likeness (QED) is 0.695. The third kappa shape index (κ3) is 3.22. The SMILES string of the molecule is CC(=O)N1N=C(c2cccc(Cl)c2Cl)O[C@H]1c1cccc(Br)c1. The van der Waals surface area contributed by atoms with Gasteiger partial charge in [-0.15, -0.1) is 5.10 Å². The predicted molar refractivity (Wildman–Crippen MR) is 93.5 cm³/mol. The first kappa shape index (κ1) is 16.3. The first-order valence-corrected chi connectivity index (χ1v) is 8.27. The molecule has 2 aromatic carbocycles. The maximum absolute atomic E-state index is 11.9. The van der Waals surface area contributed by atoms with Gasteiger partial charge < -0.3 is 4.74 Å². The van der Waals surface area contributed by atoms with Crippen LogP contribution in [0.2, 0.25) is 10.0 Å². The number of hydrogen-bond donors (Lipinski definition) is 0. The number of hydrazone groups is 1. The summed E-state index contributed by atoms with van der Waals surface area (Å²) in [7, 11) is 0. The largest absolute Gasteiger partial charge is 0.446 e. The van der Waals surface area contributed by atoms with Crippen LogP contribution in [0.1, 0.15) is 24.3 Å². The van der Waals surface area contributed by atoms with Crippen LogP contribution in [0, 0.1) is 0 Å². The van der Waals surface area contributed by atoms with E-state index in [-0.39, 0.29) is 11.8 Å². The highest BCUT2D eigenvalue weighted by atomic mass is 79.9. The third-order valence-corrected chi connectivity index (χ3v) is 4.59. The Labute approximate surface area is 151 Å². The summed E-state index contributed by atoms with van der Waals surface area (Å²) in [6.45, 7) is 1.43. The molecule has 1 aliphatic rings. The Morgan fingerprint density at radius 1 is 1.26 bits per heavy atom. The fourth-order valence-corrected chi connectivity index (χ4v) is 3.02. The first-order valence-electron chi connectivity index (χ1n) is 6.72. The van der Waals surface area contributed by atoms with Gasteiger partial charge in [-0.2, -0.15) is 5.01 Å². The molecule has 4 nitrogen and oxygen atoms in total. The minimum absolute atomic E-state index is 0.233. The molecule has 1 heterocycles. The molecule has 1 amide bonds. The second-order valence-electron chi connectivity index (χ2n) is 4.90. The topological polar surface area (TPSA) is 41.9 Å². The Kier molecular flexibility index (Phi) is 4.62. The molecule has 0 radical (unpaired) electrons. The molecule has 1 atom stereocenters. The molecular formula is C16H11BrCl2N2O2. The van der Waals surface area contributed by atoms with Crippen LogP contribution >= 0.6 is 39.1 Å². The Balaban J connectivity index is 2.01. The van der Waals surface area contributed by atoms with Gasteiger partial charge in [0.2, 0.25) is 18.0 Å². The molecule has 0 fully saturated rings. The second-order valence-corrected chi connectivity index (χ2v) is 6.60. The van der Waals surface area contributed by atoms with Crippen molar-refractivity contribution in [3.05, 3.63) is 68.1 Å². The molecule has 0 aromatic heterocycles. The summed E-state index contributed by atoms with van der Waals surface area (Å²) < 4.78 is 6.77. The lowest BCUT2D eigenvalue weighted by atomic mass is 10.2. The number of carbonyl (C=O) groups is 1. The Hall–Kier alpha value is -1.56. The van der Waals surface area contributed by atoms with Crippen molar-refractivity contribution >= 4 is 50.9 Å².